The van der Waals surface area contributed by atoms with Gasteiger partial charge in [-0.05, 0) is 29.8 Å². The molecule has 0 aliphatic rings. The topological polar surface area (TPSA) is 38.5 Å². The van der Waals surface area contributed by atoms with Gasteiger partial charge in [0.05, 0.1) is 5.69 Å². The molecular weight excluding hydrogens is 243 g/mol. The monoisotopic (exact) mass is 260 g/mol. The molecule has 0 radical (unpaired) electrons. The summed E-state index contributed by atoms with van der Waals surface area (Å²) in [5.41, 5.74) is 8.38. The summed E-state index contributed by atoms with van der Waals surface area (Å²) in [6.07, 6.45) is 0. The van der Waals surface area contributed by atoms with Crippen molar-refractivity contribution >= 4 is 11.4 Å². The first-order chi connectivity index (χ1) is 9.06. The van der Waals surface area contributed by atoms with Crippen LogP contribution in [0.3, 0.4) is 0 Å². The number of hydrogen-bond donors (Lipinski definition) is 1. The van der Waals surface area contributed by atoms with Crippen molar-refractivity contribution < 1.29 is 9.13 Å². The molecule has 0 aliphatic heterocycles. The van der Waals surface area contributed by atoms with E-state index in [9.17, 15) is 4.39 Å². The minimum atomic E-state index is -0.252. The molecule has 0 spiro atoms. The largest absolute Gasteiger partial charge is 0.487 e. The Kier molecular flexibility index (Phi) is 3.90. The lowest BCUT2D eigenvalue weighted by molar-refractivity contribution is 0.308. The minimum Gasteiger partial charge on any atom is -0.487 e. The summed E-state index contributed by atoms with van der Waals surface area (Å²) in [7, 11) is 3.91. The maximum absolute atomic E-state index is 12.8. The lowest BCUT2D eigenvalue weighted by atomic mass is 10.2. The van der Waals surface area contributed by atoms with Crippen molar-refractivity contribution in [2.45, 2.75) is 6.61 Å². The van der Waals surface area contributed by atoms with Gasteiger partial charge in [-0.15, -0.1) is 0 Å². The number of nitrogen functional groups attached to an aromatic ring is 1. The summed E-state index contributed by atoms with van der Waals surface area (Å²) in [5.74, 6) is 0.383. The van der Waals surface area contributed by atoms with Crippen molar-refractivity contribution in [3.63, 3.8) is 0 Å². The highest BCUT2D eigenvalue weighted by atomic mass is 19.1. The number of hydrogen-bond acceptors (Lipinski definition) is 3. The van der Waals surface area contributed by atoms with E-state index in [1.807, 2.05) is 37.2 Å². The second kappa shape index (κ2) is 5.61. The standard InChI is InChI=1S/C15H17FN2O/c1-18(2)13-7-8-14(17)15(9-13)19-10-11-3-5-12(16)6-4-11/h3-9H,10,17H2,1-2H3. The van der Waals surface area contributed by atoms with Gasteiger partial charge >= 0.3 is 0 Å². The average molecular weight is 260 g/mol. The van der Waals surface area contributed by atoms with Gasteiger partial charge in [-0.25, -0.2) is 4.39 Å². The zero-order valence-electron chi connectivity index (χ0n) is 11.1. The fourth-order valence-corrected chi connectivity index (χ4v) is 1.67. The smallest absolute Gasteiger partial charge is 0.144 e. The molecule has 0 saturated heterocycles. The average Bonchev–Trinajstić information content (AvgIpc) is 2.39. The summed E-state index contributed by atoms with van der Waals surface area (Å²) in [6, 6.07) is 11.9. The van der Waals surface area contributed by atoms with E-state index in [2.05, 4.69) is 0 Å². The van der Waals surface area contributed by atoms with E-state index in [4.69, 9.17) is 10.5 Å². The first kappa shape index (κ1) is 13.2. The molecule has 19 heavy (non-hydrogen) atoms. The van der Waals surface area contributed by atoms with Crippen molar-refractivity contribution in [3.8, 4) is 5.75 Å². The zero-order chi connectivity index (χ0) is 13.8. The van der Waals surface area contributed by atoms with Gasteiger partial charge in [0.25, 0.3) is 0 Å². The van der Waals surface area contributed by atoms with Crippen LogP contribution >= 0.6 is 0 Å². The molecule has 0 saturated carbocycles. The number of halogens is 1. The SMILES string of the molecule is CN(C)c1ccc(N)c(OCc2ccc(F)cc2)c1. The van der Waals surface area contributed by atoms with E-state index >= 15 is 0 Å². The van der Waals surface area contributed by atoms with Crippen LogP contribution in [0.1, 0.15) is 5.56 Å². The van der Waals surface area contributed by atoms with Gasteiger partial charge in [0.2, 0.25) is 0 Å². The van der Waals surface area contributed by atoms with Gasteiger partial charge in [0.15, 0.2) is 0 Å². The molecule has 0 unspecified atom stereocenters. The second-order valence-corrected chi connectivity index (χ2v) is 4.53. The van der Waals surface area contributed by atoms with Crippen molar-refractivity contribution in [1.29, 1.82) is 0 Å². The molecule has 0 atom stereocenters. The molecule has 0 heterocycles. The van der Waals surface area contributed by atoms with Crippen LogP contribution in [0.2, 0.25) is 0 Å². The number of anilines is 2. The van der Waals surface area contributed by atoms with E-state index in [1.54, 1.807) is 12.1 Å². The lowest BCUT2D eigenvalue weighted by Gasteiger charge is -2.15. The Labute approximate surface area is 112 Å². The van der Waals surface area contributed by atoms with Crippen LogP contribution in [0.25, 0.3) is 0 Å². The Morgan fingerprint density at radius 1 is 1.11 bits per heavy atom. The summed E-state index contributed by atoms with van der Waals surface area (Å²) < 4.78 is 18.5. The lowest BCUT2D eigenvalue weighted by Crippen LogP contribution is -2.09. The Morgan fingerprint density at radius 2 is 1.79 bits per heavy atom. The number of nitrogens with zero attached hydrogens (tertiary/aromatic N) is 1. The normalized spacial score (nSPS) is 10.3. The summed E-state index contributed by atoms with van der Waals surface area (Å²) >= 11 is 0. The zero-order valence-corrected chi connectivity index (χ0v) is 11.1. The molecular formula is C15H17FN2O. The molecule has 2 aromatic carbocycles. The maximum atomic E-state index is 12.8. The molecule has 2 aromatic rings. The minimum absolute atomic E-state index is 0.252. The molecule has 2 rings (SSSR count). The van der Waals surface area contributed by atoms with Crippen LogP contribution in [-0.4, -0.2) is 14.1 Å². The molecule has 0 amide bonds. The van der Waals surface area contributed by atoms with Crippen LogP contribution in [0.15, 0.2) is 42.5 Å². The van der Waals surface area contributed by atoms with Gasteiger partial charge < -0.3 is 15.4 Å². The summed E-state index contributed by atoms with van der Waals surface area (Å²) in [5, 5.41) is 0. The predicted molar refractivity (Wildman–Crippen MR) is 75.9 cm³/mol. The fourth-order valence-electron chi connectivity index (χ4n) is 1.67. The molecule has 0 aromatic heterocycles. The third-order valence-electron chi connectivity index (χ3n) is 2.82. The van der Waals surface area contributed by atoms with Crippen molar-refractivity contribution in [2.75, 3.05) is 24.7 Å². The van der Waals surface area contributed by atoms with Gasteiger partial charge in [-0.3, -0.25) is 0 Å². The van der Waals surface area contributed by atoms with Crippen LogP contribution in [0.4, 0.5) is 15.8 Å². The molecule has 0 fully saturated rings. The maximum Gasteiger partial charge on any atom is 0.144 e. The van der Waals surface area contributed by atoms with E-state index in [1.165, 1.54) is 12.1 Å². The number of benzene rings is 2. The number of nitrogens with two attached hydrogens (primary N) is 1. The van der Waals surface area contributed by atoms with Crippen LogP contribution in [0.5, 0.6) is 5.75 Å². The molecule has 0 aliphatic carbocycles. The first-order valence-electron chi connectivity index (χ1n) is 6.00. The van der Waals surface area contributed by atoms with Gasteiger partial charge in [-0.1, -0.05) is 12.1 Å². The highest BCUT2D eigenvalue weighted by Crippen LogP contribution is 2.27. The van der Waals surface area contributed by atoms with Gasteiger partial charge in [0.1, 0.15) is 18.2 Å². The Balaban J connectivity index is 2.10. The quantitative estimate of drug-likeness (QED) is 0.859. The van der Waals surface area contributed by atoms with Crippen molar-refractivity contribution in [3.05, 3.63) is 53.8 Å². The predicted octanol–water partition coefficient (Wildman–Crippen LogP) is 3.05. The Morgan fingerprint density at radius 3 is 2.42 bits per heavy atom. The molecule has 3 nitrogen and oxygen atoms in total. The summed E-state index contributed by atoms with van der Waals surface area (Å²) in [6.45, 7) is 0.362. The fraction of sp³-hybridized carbons (Fsp3) is 0.200. The second-order valence-electron chi connectivity index (χ2n) is 4.53. The highest BCUT2D eigenvalue weighted by Gasteiger charge is 2.04. The number of rotatable bonds is 4. The van der Waals surface area contributed by atoms with E-state index in [0.717, 1.165) is 11.3 Å². The van der Waals surface area contributed by atoms with Crippen LogP contribution in [0, 0.1) is 5.82 Å². The third kappa shape index (κ3) is 3.37. The van der Waals surface area contributed by atoms with Crippen LogP contribution in [-0.2, 0) is 6.61 Å². The first-order valence-corrected chi connectivity index (χ1v) is 6.00. The van der Waals surface area contributed by atoms with Crippen molar-refractivity contribution in [2.24, 2.45) is 0 Å². The Hall–Kier alpha value is -2.23. The molecule has 2 N–H and O–H groups in total. The highest BCUT2D eigenvalue weighted by molar-refractivity contribution is 5.61. The molecule has 0 bridgehead atoms. The van der Waals surface area contributed by atoms with Gasteiger partial charge in [-0.2, -0.15) is 0 Å². The molecule has 100 valence electrons. The number of ether oxygens (including phenoxy) is 1. The van der Waals surface area contributed by atoms with Crippen molar-refractivity contribution in [1.82, 2.24) is 0 Å². The molecule has 4 heteroatoms. The summed E-state index contributed by atoms with van der Waals surface area (Å²) in [4.78, 5) is 1.98. The van der Waals surface area contributed by atoms with E-state index in [-0.39, 0.29) is 5.82 Å². The van der Waals surface area contributed by atoms with E-state index in [0.29, 0.717) is 18.0 Å². The third-order valence-corrected chi connectivity index (χ3v) is 2.82. The van der Waals surface area contributed by atoms with E-state index < -0.39 is 0 Å². The van der Waals surface area contributed by atoms with Gasteiger partial charge in [0, 0.05) is 25.8 Å². The Bertz CT molecular complexity index is 553. The van der Waals surface area contributed by atoms with Crippen LogP contribution < -0.4 is 15.4 Å².